The second-order valence-electron chi connectivity index (χ2n) is 4.59. The Labute approximate surface area is 122 Å². The Balaban J connectivity index is 2.30. The Morgan fingerprint density at radius 2 is 1.48 bits per heavy atom. The van der Waals surface area contributed by atoms with E-state index in [0.717, 1.165) is 5.56 Å². The number of nitrogens with zero attached hydrogens (tertiary/aromatic N) is 1. The van der Waals surface area contributed by atoms with Crippen LogP contribution in [0.2, 0.25) is 0 Å². The van der Waals surface area contributed by atoms with Gasteiger partial charge in [0.05, 0.1) is 17.2 Å². The van der Waals surface area contributed by atoms with Crippen molar-refractivity contribution >= 4 is 11.9 Å². The van der Waals surface area contributed by atoms with E-state index < -0.39 is 17.9 Å². The van der Waals surface area contributed by atoms with Gasteiger partial charge in [-0.3, -0.25) is 10.0 Å². The minimum Gasteiger partial charge on any atom is -0.478 e. The smallest absolute Gasteiger partial charge is 0.336 e. The highest BCUT2D eigenvalue weighted by Crippen LogP contribution is 2.21. The lowest BCUT2D eigenvalue weighted by Gasteiger charge is -2.23. The summed E-state index contributed by atoms with van der Waals surface area (Å²) in [5, 5.41) is 19.7. The molecule has 21 heavy (non-hydrogen) atoms. The number of rotatable bonds is 4. The summed E-state index contributed by atoms with van der Waals surface area (Å²) in [6.45, 7) is 1.66. The summed E-state index contributed by atoms with van der Waals surface area (Å²) in [7, 11) is 0. The lowest BCUT2D eigenvalue weighted by Crippen LogP contribution is -2.31. The summed E-state index contributed by atoms with van der Waals surface area (Å²) in [6, 6.07) is 14.2. The Hall–Kier alpha value is -2.66. The lowest BCUT2D eigenvalue weighted by atomic mass is 10.0. The molecule has 2 aromatic carbocycles. The molecule has 0 aromatic heterocycles. The van der Waals surface area contributed by atoms with Gasteiger partial charge in [-0.05, 0) is 24.6 Å². The predicted octanol–water partition coefficient (Wildman–Crippen LogP) is 2.98. The molecule has 1 unspecified atom stereocenters. The van der Waals surface area contributed by atoms with Gasteiger partial charge in [-0.25, -0.2) is 9.86 Å². The fourth-order valence-electron chi connectivity index (χ4n) is 2.03. The minimum absolute atomic E-state index is 0.0460. The van der Waals surface area contributed by atoms with E-state index in [1.54, 1.807) is 37.3 Å². The number of hydrogen-bond acceptors (Lipinski definition) is 3. The van der Waals surface area contributed by atoms with Gasteiger partial charge < -0.3 is 5.11 Å². The first-order valence-corrected chi connectivity index (χ1v) is 6.42. The maximum absolute atomic E-state index is 12.3. The van der Waals surface area contributed by atoms with Gasteiger partial charge in [0, 0.05) is 0 Å². The van der Waals surface area contributed by atoms with Crippen molar-refractivity contribution in [2.45, 2.75) is 13.0 Å². The van der Waals surface area contributed by atoms with Gasteiger partial charge in [-0.15, -0.1) is 0 Å². The maximum atomic E-state index is 12.3. The zero-order valence-electron chi connectivity index (χ0n) is 11.4. The number of hydrogen-bond donors (Lipinski definition) is 2. The first-order chi connectivity index (χ1) is 10.0. The van der Waals surface area contributed by atoms with Crippen LogP contribution in [-0.4, -0.2) is 27.3 Å². The fourth-order valence-corrected chi connectivity index (χ4v) is 2.03. The summed E-state index contributed by atoms with van der Waals surface area (Å²) in [6.07, 6.45) is 0. The average molecular weight is 285 g/mol. The van der Waals surface area contributed by atoms with Gasteiger partial charge in [-0.1, -0.05) is 42.5 Å². The summed E-state index contributed by atoms with van der Waals surface area (Å²) >= 11 is 0. The number of hydroxylamine groups is 2. The Bertz CT molecular complexity index is 654. The van der Waals surface area contributed by atoms with Crippen molar-refractivity contribution in [1.82, 2.24) is 5.06 Å². The van der Waals surface area contributed by atoms with Gasteiger partial charge in [0.15, 0.2) is 0 Å². The average Bonchev–Trinajstić information content (AvgIpc) is 2.53. The first-order valence-electron chi connectivity index (χ1n) is 6.42. The predicted molar refractivity (Wildman–Crippen MR) is 76.2 cm³/mol. The quantitative estimate of drug-likeness (QED) is 0.668. The van der Waals surface area contributed by atoms with E-state index >= 15 is 0 Å². The molecule has 108 valence electrons. The van der Waals surface area contributed by atoms with Crippen molar-refractivity contribution in [3.05, 3.63) is 71.3 Å². The fraction of sp³-hybridized carbons (Fsp3) is 0.125. The van der Waals surface area contributed by atoms with E-state index in [4.69, 9.17) is 5.11 Å². The Kier molecular flexibility index (Phi) is 4.35. The highest BCUT2D eigenvalue weighted by molar-refractivity contribution is 6.04. The van der Waals surface area contributed by atoms with Crippen molar-refractivity contribution < 1.29 is 19.9 Å². The molecule has 2 rings (SSSR count). The summed E-state index contributed by atoms with van der Waals surface area (Å²) in [5.41, 5.74) is 0.568. The van der Waals surface area contributed by atoms with Gasteiger partial charge >= 0.3 is 5.97 Å². The van der Waals surface area contributed by atoms with Crippen LogP contribution in [0.4, 0.5) is 0 Å². The number of carboxylic acids is 1. The molecule has 0 heterocycles. The minimum atomic E-state index is -1.21. The molecule has 0 radical (unpaired) electrons. The van der Waals surface area contributed by atoms with E-state index in [2.05, 4.69) is 0 Å². The van der Waals surface area contributed by atoms with Crippen LogP contribution in [0.25, 0.3) is 0 Å². The number of aromatic carboxylic acids is 1. The van der Waals surface area contributed by atoms with E-state index in [0.29, 0.717) is 5.06 Å². The van der Waals surface area contributed by atoms with Gasteiger partial charge in [-0.2, -0.15) is 0 Å². The van der Waals surface area contributed by atoms with E-state index in [1.807, 2.05) is 6.07 Å². The highest BCUT2D eigenvalue weighted by Gasteiger charge is 2.24. The molecular weight excluding hydrogens is 270 g/mol. The number of carbonyl (C=O) groups excluding carboxylic acids is 1. The van der Waals surface area contributed by atoms with Crippen molar-refractivity contribution in [2.24, 2.45) is 0 Å². The standard InChI is InChI=1S/C16H15NO4/c1-11(12-7-3-2-4-8-12)17(21)15(18)13-9-5-6-10-14(13)16(19)20/h2-11,21H,1H3,(H,19,20). The van der Waals surface area contributed by atoms with Crippen molar-refractivity contribution in [3.63, 3.8) is 0 Å². The van der Waals surface area contributed by atoms with Gasteiger partial charge in [0.2, 0.25) is 0 Å². The molecule has 0 fully saturated rings. The van der Waals surface area contributed by atoms with Crippen LogP contribution >= 0.6 is 0 Å². The molecular formula is C16H15NO4. The summed E-state index contributed by atoms with van der Waals surface area (Å²) < 4.78 is 0. The highest BCUT2D eigenvalue weighted by atomic mass is 16.5. The molecule has 2 aromatic rings. The van der Waals surface area contributed by atoms with Crippen LogP contribution in [-0.2, 0) is 0 Å². The molecule has 0 spiro atoms. The third-order valence-electron chi connectivity index (χ3n) is 3.24. The second kappa shape index (κ2) is 6.19. The summed E-state index contributed by atoms with van der Waals surface area (Å²) in [4.78, 5) is 23.4. The summed E-state index contributed by atoms with van der Waals surface area (Å²) in [5.74, 6) is -1.95. The van der Waals surface area contributed by atoms with E-state index in [9.17, 15) is 14.8 Å². The zero-order valence-corrected chi connectivity index (χ0v) is 11.4. The second-order valence-corrected chi connectivity index (χ2v) is 4.59. The van der Waals surface area contributed by atoms with Crippen LogP contribution in [0.1, 0.15) is 39.2 Å². The molecule has 5 heteroatoms. The van der Waals surface area contributed by atoms with Crippen LogP contribution in [0.15, 0.2) is 54.6 Å². The molecule has 0 bridgehead atoms. The largest absolute Gasteiger partial charge is 0.478 e. The normalized spacial score (nSPS) is 11.7. The molecule has 5 nitrogen and oxygen atoms in total. The molecule has 0 saturated carbocycles. The Morgan fingerprint density at radius 1 is 0.952 bits per heavy atom. The van der Waals surface area contributed by atoms with Crippen molar-refractivity contribution in [3.8, 4) is 0 Å². The molecule has 0 aliphatic heterocycles. The van der Waals surface area contributed by atoms with Crippen LogP contribution in [0.5, 0.6) is 0 Å². The topological polar surface area (TPSA) is 77.8 Å². The van der Waals surface area contributed by atoms with Crippen LogP contribution in [0.3, 0.4) is 0 Å². The monoisotopic (exact) mass is 285 g/mol. The van der Waals surface area contributed by atoms with Crippen molar-refractivity contribution in [1.29, 1.82) is 0 Å². The van der Waals surface area contributed by atoms with Crippen LogP contribution < -0.4 is 0 Å². The number of amides is 1. The maximum Gasteiger partial charge on any atom is 0.336 e. The molecule has 2 N–H and O–H groups in total. The molecule has 1 atom stereocenters. The third-order valence-corrected chi connectivity index (χ3v) is 3.24. The lowest BCUT2D eigenvalue weighted by molar-refractivity contribution is -0.0854. The first kappa shape index (κ1) is 14.7. The number of carboxylic acid groups (broad SMARTS) is 1. The molecule has 0 aliphatic rings. The number of benzene rings is 2. The SMILES string of the molecule is CC(c1ccccc1)N(O)C(=O)c1ccccc1C(=O)O. The third kappa shape index (κ3) is 3.09. The van der Waals surface area contributed by atoms with Gasteiger partial charge in [0.25, 0.3) is 5.91 Å². The van der Waals surface area contributed by atoms with Gasteiger partial charge in [0.1, 0.15) is 0 Å². The van der Waals surface area contributed by atoms with Crippen molar-refractivity contribution in [2.75, 3.05) is 0 Å². The Morgan fingerprint density at radius 3 is 2.05 bits per heavy atom. The van der Waals surface area contributed by atoms with E-state index in [1.165, 1.54) is 18.2 Å². The van der Waals surface area contributed by atoms with E-state index in [-0.39, 0.29) is 11.1 Å². The van der Waals surface area contributed by atoms with Crippen LogP contribution in [0, 0.1) is 0 Å². The molecule has 0 saturated heterocycles. The molecule has 1 amide bonds. The zero-order chi connectivity index (χ0) is 15.4. The number of carbonyl (C=O) groups is 2. The molecule has 0 aliphatic carbocycles.